The summed E-state index contributed by atoms with van der Waals surface area (Å²) in [6, 6.07) is 15.5. The zero-order valence-corrected chi connectivity index (χ0v) is 20.3. The molecule has 2 aromatic carbocycles. The van der Waals surface area contributed by atoms with Crippen LogP contribution in [-0.2, 0) is 14.3 Å². The van der Waals surface area contributed by atoms with Crippen LogP contribution in [0.25, 0.3) is 11.1 Å². The Bertz CT molecular complexity index is 1040. The molecule has 186 valence electrons. The molecule has 2 aromatic rings. The van der Waals surface area contributed by atoms with E-state index in [-0.39, 0.29) is 36.2 Å². The van der Waals surface area contributed by atoms with E-state index in [9.17, 15) is 19.5 Å². The predicted octanol–water partition coefficient (Wildman–Crippen LogP) is 4.56. The van der Waals surface area contributed by atoms with Crippen molar-refractivity contribution in [2.24, 2.45) is 17.8 Å². The van der Waals surface area contributed by atoms with E-state index in [1.54, 1.807) is 0 Å². The van der Waals surface area contributed by atoms with Gasteiger partial charge in [0.2, 0.25) is 5.91 Å². The van der Waals surface area contributed by atoms with Crippen LogP contribution in [0.3, 0.4) is 0 Å². The lowest BCUT2D eigenvalue weighted by molar-refractivity contribution is -0.144. The van der Waals surface area contributed by atoms with Crippen molar-refractivity contribution in [1.82, 2.24) is 10.6 Å². The number of carboxylic acid groups (broad SMARTS) is 1. The molecule has 7 nitrogen and oxygen atoms in total. The summed E-state index contributed by atoms with van der Waals surface area (Å²) in [6.45, 7) is 4.30. The van der Waals surface area contributed by atoms with Crippen LogP contribution in [0, 0.1) is 17.8 Å². The highest BCUT2D eigenvalue weighted by Gasteiger charge is 2.36. The molecule has 2 aliphatic carbocycles. The van der Waals surface area contributed by atoms with Gasteiger partial charge in [-0.25, -0.2) is 9.59 Å². The zero-order valence-electron chi connectivity index (χ0n) is 20.3. The van der Waals surface area contributed by atoms with E-state index in [4.69, 9.17) is 4.74 Å². The van der Waals surface area contributed by atoms with Crippen molar-refractivity contribution in [2.45, 2.75) is 51.5 Å². The number of carbonyl (C=O) groups excluding carboxylic acids is 2. The Balaban J connectivity index is 1.31. The Labute approximate surface area is 206 Å². The van der Waals surface area contributed by atoms with Crippen molar-refractivity contribution in [3.63, 3.8) is 0 Å². The highest BCUT2D eigenvalue weighted by atomic mass is 16.5. The number of hydrogen-bond acceptors (Lipinski definition) is 4. The third-order valence-corrected chi connectivity index (χ3v) is 7.62. The molecule has 1 fully saturated rings. The molecule has 4 rings (SSSR count). The van der Waals surface area contributed by atoms with E-state index in [0.29, 0.717) is 19.4 Å². The molecule has 2 unspecified atom stereocenters. The minimum Gasteiger partial charge on any atom is -0.480 e. The maximum Gasteiger partial charge on any atom is 0.407 e. The van der Waals surface area contributed by atoms with Crippen LogP contribution < -0.4 is 10.6 Å². The summed E-state index contributed by atoms with van der Waals surface area (Å²) in [6.07, 6.45) is 2.53. The van der Waals surface area contributed by atoms with Gasteiger partial charge < -0.3 is 20.5 Å². The fraction of sp³-hybridized carbons (Fsp3) is 0.464. The monoisotopic (exact) mass is 478 g/mol. The number of carbonyl (C=O) groups is 3. The minimum absolute atomic E-state index is 0.00772. The van der Waals surface area contributed by atoms with Gasteiger partial charge >= 0.3 is 12.1 Å². The van der Waals surface area contributed by atoms with Gasteiger partial charge in [0.15, 0.2) is 0 Å². The number of aliphatic carboxylic acids is 1. The Morgan fingerprint density at radius 2 is 1.66 bits per heavy atom. The van der Waals surface area contributed by atoms with E-state index in [0.717, 1.165) is 24.0 Å². The number of alkyl carbamates (subject to hydrolysis) is 1. The van der Waals surface area contributed by atoms with E-state index >= 15 is 0 Å². The number of benzene rings is 2. The van der Waals surface area contributed by atoms with Crippen LogP contribution in [-0.4, -0.2) is 42.3 Å². The van der Waals surface area contributed by atoms with Gasteiger partial charge in [-0.2, -0.15) is 0 Å². The van der Waals surface area contributed by atoms with Gasteiger partial charge in [-0.1, -0.05) is 75.2 Å². The van der Waals surface area contributed by atoms with Crippen molar-refractivity contribution >= 4 is 18.0 Å². The van der Waals surface area contributed by atoms with Crippen LogP contribution in [0.15, 0.2) is 48.5 Å². The molecule has 0 heterocycles. The molecule has 0 saturated heterocycles. The second-order valence-electron chi connectivity index (χ2n) is 9.71. The minimum atomic E-state index is -1.01. The molecule has 35 heavy (non-hydrogen) atoms. The highest BCUT2D eigenvalue weighted by molar-refractivity contribution is 5.85. The van der Waals surface area contributed by atoms with Gasteiger partial charge in [-0.15, -0.1) is 0 Å². The molecule has 2 aliphatic rings. The number of fused-ring (bicyclic) bond motifs is 3. The van der Waals surface area contributed by atoms with Gasteiger partial charge in [-0.05, 0) is 46.9 Å². The predicted molar refractivity (Wildman–Crippen MR) is 133 cm³/mol. The number of nitrogens with one attached hydrogen (secondary N) is 2. The third kappa shape index (κ3) is 5.34. The topological polar surface area (TPSA) is 105 Å². The number of ether oxygens (including phenoxy) is 1. The Morgan fingerprint density at radius 1 is 1.03 bits per heavy atom. The molecule has 0 aromatic heterocycles. The van der Waals surface area contributed by atoms with Gasteiger partial charge in [0.1, 0.15) is 12.6 Å². The molecule has 2 amide bonds. The summed E-state index contributed by atoms with van der Waals surface area (Å²) in [4.78, 5) is 37.0. The first-order valence-corrected chi connectivity index (χ1v) is 12.5. The van der Waals surface area contributed by atoms with E-state index in [2.05, 4.69) is 34.9 Å². The fourth-order valence-electron chi connectivity index (χ4n) is 5.43. The van der Waals surface area contributed by atoms with Crippen LogP contribution in [0.2, 0.25) is 0 Å². The van der Waals surface area contributed by atoms with E-state index < -0.39 is 18.1 Å². The summed E-state index contributed by atoms with van der Waals surface area (Å²) < 4.78 is 5.61. The average Bonchev–Trinajstić information content (AvgIpc) is 3.47. The molecular formula is C28H34N2O5. The SMILES string of the molecule is CCC(C)C(NC(=O)[C@@H]1CCC[C@@H]1CNC(=O)OCC1c2ccccc2-c2ccccc21)C(=O)O. The lowest BCUT2D eigenvalue weighted by atomic mass is 9.93. The highest BCUT2D eigenvalue weighted by Crippen LogP contribution is 2.44. The average molecular weight is 479 g/mol. The lowest BCUT2D eigenvalue weighted by Crippen LogP contribution is -2.48. The van der Waals surface area contributed by atoms with Crippen LogP contribution in [0.4, 0.5) is 4.79 Å². The number of hydrogen-bond donors (Lipinski definition) is 3. The first-order valence-electron chi connectivity index (χ1n) is 12.5. The van der Waals surface area contributed by atoms with Gasteiger partial charge in [0.05, 0.1) is 0 Å². The van der Waals surface area contributed by atoms with E-state index in [1.807, 2.05) is 38.1 Å². The van der Waals surface area contributed by atoms with Crippen molar-refractivity contribution in [3.8, 4) is 11.1 Å². The molecule has 0 aliphatic heterocycles. The maximum atomic E-state index is 12.9. The molecule has 7 heteroatoms. The molecule has 0 radical (unpaired) electrons. The largest absolute Gasteiger partial charge is 0.480 e. The van der Waals surface area contributed by atoms with Crippen LogP contribution >= 0.6 is 0 Å². The summed E-state index contributed by atoms with van der Waals surface area (Å²) in [7, 11) is 0. The number of amides is 2. The summed E-state index contributed by atoms with van der Waals surface area (Å²) in [5.41, 5.74) is 4.66. The van der Waals surface area contributed by atoms with Crippen LogP contribution in [0.1, 0.15) is 56.6 Å². The zero-order chi connectivity index (χ0) is 24.9. The van der Waals surface area contributed by atoms with Gasteiger partial charge in [0.25, 0.3) is 0 Å². The Kier molecular flexibility index (Phi) is 7.73. The molecule has 0 bridgehead atoms. The molecule has 0 spiro atoms. The third-order valence-electron chi connectivity index (χ3n) is 7.62. The standard InChI is InChI=1S/C28H34N2O5/c1-3-17(2)25(27(32)33)30-26(31)19-14-8-9-18(19)15-29-28(34)35-16-24-22-12-6-4-10-20(22)21-11-5-7-13-23(21)24/h4-7,10-13,17-19,24-25H,3,8-9,14-16H2,1-2H3,(H,29,34)(H,30,31)(H,32,33)/t17?,18-,19-,25?/m1/s1. The van der Waals surface area contributed by atoms with E-state index in [1.165, 1.54) is 11.1 Å². The van der Waals surface area contributed by atoms with Crippen molar-refractivity contribution in [3.05, 3.63) is 59.7 Å². The molecular weight excluding hydrogens is 444 g/mol. The normalized spacial score (nSPS) is 20.4. The lowest BCUT2D eigenvalue weighted by Gasteiger charge is -2.25. The molecule has 3 N–H and O–H groups in total. The van der Waals surface area contributed by atoms with Crippen LogP contribution in [0.5, 0.6) is 0 Å². The van der Waals surface area contributed by atoms with Gasteiger partial charge in [-0.3, -0.25) is 4.79 Å². The Morgan fingerprint density at radius 3 is 2.26 bits per heavy atom. The first-order chi connectivity index (χ1) is 16.9. The second kappa shape index (κ2) is 10.9. The first kappa shape index (κ1) is 24.8. The summed E-state index contributed by atoms with van der Waals surface area (Å²) in [5.74, 6) is -1.77. The van der Waals surface area contributed by atoms with Crippen molar-refractivity contribution in [2.75, 3.05) is 13.2 Å². The maximum absolute atomic E-state index is 12.9. The molecule has 1 saturated carbocycles. The van der Waals surface area contributed by atoms with Gasteiger partial charge in [0, 0.05) is 18.4 Å². The summed E-state index contributed by atoms with van der Waals surface area (Å²) in [5, 5.41) is 15.1. The second-order valence-corrected chi connectivity index (χ2v) is 9.71. The van der Waals surface area contributed by atoms with Crippen molar-refractivity contribution < 1.29 is 24.2 Å². The Hall–Kier alpha value is -3.35. The number of carboxylic acids is 1. The fourth-order valence-corrected chi connectivity index (χ4v) is 5.43. The van der Waals surface area contributed by atoms with Crippen molar-refractivity contribution in [1.29, 1.82) is 0 Å². The number of rotatable bonds is 9. The quantitative estimate of drug-likeness (QED) is 0.490. The molecule has 4 atom stereocenters. The smallest absolute Gasteiger partial charge is 0.407 e. The summed E-state index contributed by atoms with van der Waals surface area (Å²) >= 11 is 0.